The van der Waals surface area contributed by atoms with E-state index in [4.69, 9.17) is 5.73 Å². The van der Waals surface area contributed by atoms with Gasteiger partial charge in [-0.1, -0.05) is 6.07 Å². The molecule has 6 heteroatoms. The number of carbonyl (C=O) groups excluding carboxylic acids is 2. The number of rotatable bonds is 2. The van der Waals surface area contributed by atoms with Crippen LogP contribution < -0.4 is 11.1 Å². The number of nitrogens with two attached hydrogens (primary N) is 1. The molecule has 1 aliphatic rings. The van der Waals surface area contributed by atoms with Crippen molar-refractivity contribution in [3.8, 4) is 0 Å². The highest BCUT2D eigenvalue weighted by atomic mass is 16.2. The van der Waals surface area contributed by atoms with Crippen LogP contribution in [0.4, 0.5) is 0 Å². The van der Waals surface area contributed by atoms with Gasteiger partial charge < -0.3 is 16.0 Å². The van der Waals surface area contributed by atoms with Gasteiger partial charge in [0.2, 0.25) is 5.91 Å². The Labute approximate surface area is 105 Å². The molecule has 1 aliphatic heterocycles. The first kappa shape index (κ1) is 12.5. The highest BCUT2D eigenvalue weighted by Gasteiger charge is 2.32. The van der Waals surface area contributed by atoms with Crippen molar-refractivity contribution in [3.05, 3.63) is 29.6 Å². The lowest BCUT2D eigenvalue weighted by Crippen LogP contribution is -2.58. The second-order valence-electron chi connectivity index (χ2n) is 4.29. The van der Waals surface area contributed by atoms with E-state index in [-0.39, 0.29) is 5.91 Å². The van der Waals surface area contributed by atoms with Crippen LogP contribution in [-0.2, 0) is 4.79 Å². The molecule has 1 aromatic rings. The smallest absolute Gasteiger partial charge is 0.273 e. The first-order valence-corrected chi connectivity index (χ1v) is 5.84. The monoisotopic (exact) mass is 248 g/mol. The summed E-state index contributed by atoms with van der Waals surface area (Å²) in [6.45, 7) is 3.33. The number of pyridine rings is 1. The van der Waals surface area contributed by atoms with Gasteiger partial charge in [-0.05, 0) is 18.6 Å². The Hall–Kier alpha value is -1.95. The minimum absolute atomic E-state index is 0.238. The number of hydrogen-bond acceptors (Lipinski definition) is 4. The summed E-state index contributed by atoms with van der Waals surface area (Å²) in [5.74, 6) is -0.734. The van der Waals surface area contributed by atoms with Gasteiger partial charge >= 0.3 is 0 Å². The summed E-state index contributed by atoms with van der Waals surface area (Å²) < 4.78 is 0. The lowest BCUT2D eigenvalue weighted by atomic mass is 10.1. The van der Waals surface area contributed by atoms with E-state index < -0.39 is 11.9 Å². The van der Waals surface area contributed by atoms with Crippen molar-refractivity contribution in [1.82, 2.24) is 15.2 Å². The molecule has 1 saturated heterocycles. The zero-order valence-electron chi connectivity index (χ0n) is 10.2. The topological polar surface area (TPSA) is 88.3 Å². The normalized spacial score (nSPS) is 19.6. The molecule has 0 aromatic carbocycles. The summed E-state index contributed by atoms with van der Waals surface area (Å²) in [5, 5.41) is 3.05. The van der Waals surface area contributed by atoms with Crippen LogP contribution in [-0.4, -0.2) is 47.4 Å². The molecule has 3 N–H and O–H groups in total. The molecular formula is C12H16N4O2. The fourth-order valence-electron chi connectivity index (χ4n) is 2.05. The molecule has 0 aliphatic carbocycles. The fourth-order valence-corrected chi connectivity index (χ4v) is 2.05. The van der Waals surface area contributed by atoms with Gasteiger partial charge in [0.25, 0.3) is 5.91 Å². The summed E-state index contributed by atoms with van der Waals surface area (Å²) in [4.78, 5) is 29.3. The van der Waals surface area contributed by atoms with Crippen LogP contribution >= 0.6 is 0 Å². The Kier molecular flexibility index (Phi) is 3.57. The second kappa shape index (κ2) is 5.14. The van der Waals surface area contributed by atoms with Crippen molar-refractivity contribution >= 4 is 11.8 Å². The fraction of sp³-hybridized carbons (Fsp3) is 0.417. The third-order valence-corrected chi connectivity index (χ3v) is 3.04. The minimum Gasteiger partial charge on any atom is -0.368 e. The number of nitrogens with zero attached hydrogens (tertiary/aromatic N) is 2. The van der Waals surface area contributed by atoms with Crippen molar-refractivity contribution in [1.29, 1.82) is 0 Å². The Balaban J connectivity index is 2.27. The Morgan fingerprint density at radius 1 is 1.56 bits per heavy atom. The number of aryl methyl sites for hydroxylation is 1. The maximum absolute atomic E-state index is 12.4. The van der Waals surface area contributed by atoms with Gasteiger partial charge in [-0.3, -0.25) is 14.6 Å². The predicted octanol–water partition coefficient (Wildman–Crippen LogP) is -0.711. The van der Waals surface area contributed by atoms with Gasteiger partial charge in [0.05, 0.1) is 0 Å². The van der Waals surface area contributed by atoms with Crippen molar-refractivity contribution in [2.24, 2.45) is 5.73 Å². The van der Waals surface area contributed by atoms with Gasteiger partial charge in [-0.25, -0.2) is 0 Å². The van der Waals surface area contributed by atoms with E-state index in [9.17, 15) is 9.59 Å². The van der Waals surface area contributed by atoms with Gasteiger partial charge in [0.15, 0.2) is 0 Å². The van der Waals surface area contributed by atoms with Crippen molar-refractivity contribution in [2.45, 2.75) is 13.0 Å². The van der Waals surface area contributed by atoms with Crippen LogP contribution in [0, 0.1) is 6.92 Å². The first-order chi connectivity index (χ1) is 8.61. The number of aromatic nitrogens is 1. The molecule has 2 amide bonds. The summed E-state index contributed by atoms with van der Waals surface area (Å²) in [6.07, 6.45) is 1.57. The molecule has 0 radical (unpaired) electrons. The van der Waals surface area contributed by atoms with E-state index in [0.29, 0.717) is 25.3 Å². The number of hydrogen-bond donors (Lipinski definition) is 2. The van der Waals surface area contributed by atoms with Gasteiger partial charge in [0, 0.05) is 25.8 Å². The maximum atomic E-state index is 12.4. The third-order valence-electron chi connectivity index (χ3n) is 3.04. The van der Waals surface area contributed by atoms with Crippen LogP contribution in [0.2, 0.25) is 0 Å². The lowest BCUT2D eigenvalue weighted by molar-refractivity contribution is -0.122. The van der Waals surface area contributed by atoms with Gasteiger partial charge in [0.1, 0.15) is 11.7 Å². The average Bonchev–Trinajstić information content (AvgIpc) is 2.38. The molecule has 1 aromatic heterocycles. The van der Waals surface area contributed by atoms with Crippen molar-refractivity contribution in [3.63, 3.8) is 0 Å². The molecular weight excluding hydrogens is 232 g/mol. The summed E-state index contributed by atoms with van der Waals surface area (Å²) in [5.41, 5.74) is 6.49. The second-order valence-corrected chi connectivity index (χ2v) is 4.29. The first-order valence-electron chi connectivity index (χ1n) is 5.84. The van der Waals surface area contributed by atoms with Gasteiger partial charge in [-0.2, -0.15) is 0 Å². The molecule has 1 fully saturated rings. The maximum Gasteiger partial charge on any atom is 0.273 e. The number of piperazine rings is 1. The molecule has 0 saturated carbocycles. The van der Waals surface area contributed by atoms with Crippen LogP contribution in [0.1, 0.15) is 16.1 Å². The quantitative estimate of drug-likeness (QED) is 0.723. The highest BCUT2D eigenvalue weighted by molar-refractivity contribution is 5.97. The number of carbonyl (C=O) groups is 2. The zero-order chi connectivity index (χ0) is 13.1. The molecule has 18 heavy (non-hydrogen) atoms. The SMILES string of the molecule is Cc1cccnc1C(=O)N1CCNCC1C(N)=O. The largest absolute Gasteiger partial charge is 0.368 e. The summed E-state index contributed by atoms with van der Waals surface area (Å²) >= 11 is 0. The van der Waals surface area contributed by atoms with Crippen LogP contribution in [0.25, 0.3) is 0 Å². The average molecular weight is 248 g/mol. The van der Waals surface area contributed by atoms with Crippen molar-refractivity contribution in [2.75, 3.05) is 19.6 Å². The van der Waals surface area contributed by atoms with E-state index in [2.05, 4.69) is 10.3 Å². The molecule has 2 rings (SSSR count). The van der Waals surface area contributed by atoms with E-state index in [1.165, 1.54) is 4.90 Å². The summed E-state index contributed by atoms with van der Waals surface area (Å²) in [7, 11) is 0. The molecule has 96 valence electrons. The minimum atomic E-state index is -0.604. The molecule has 0 bridgehead atoms. The Bertz CT molecular complexity index is 475. The lowest BCUT2D eigenvalue weighted by Gasteiger charge is -2.34. The standard InChI is InChI=1S/C12H16N4O2/c1-8-3-2-4-15-10(8)12(18)16-6-5-14-7-9(16)11(13)17/h2-4,9,14H,5-7H2,1H3,(H2,13,17). The van der Waals surface area contributed by atoms with Crippen molar-refractivity contribution < 1.29 is 9.59 Å². The summed E-state index contributed by atoms with van der Waals surface area (Å²) in [6, 6.07) is 2.99. The predicted molar refractivity (Wildman–Crippen MR) is 65.9 cm³/mol. The molecule has 1 unspecified atom stereocenters. The zero-order valence-corrected chi connectivity index (χ0v) is 10.2. The van der Waals surface area contributed by atoms with Crippen LogP contribution in [0.5, 0.6) is 0 Å². The molecule has 1 atom stereocenters. The molecule has 6 nitrogen and oxygen atoms in total. The Morgan fingerprint density at radius 2 is 2.33 bits per heavy atom. The number of nitrogens with one attached hydrogen (secondary N) is 1. The number of primary amides is 1. The van der Waals surface area contributed by atoms with E-state index in [1.54, 1.807) is 12.3 Å². The molecule has 2 heterocycles. The van der Waals surface area contributed by atoms with Gasteiger partial charge in [-0.15, -0.1) is 0 Å². The Morgan fingerprint density at radius 3 is 3.00 bits per heavy atom. The third kappa shape index (κ3) is 2.33. The molecule has 0 spiro atoms. The van der Waals surface area contributed by atoms with E-state index in [1.807, 2.05) is 13.0 Å². The van der Waals surface area contributed by atoms with E-state index in [0.717, 1.165) is 5.56 Å². The van der Waals surface area contributed by atoms with Crippen LogP contribution in [0.3, 0.4) is 0 Å². The van der Waals surface area contributed by atoms with Crippen LogP contribution in [0.15, 0.2) is 18.3 Å². The van der Waals surface area contributed by atoms with E-state index >= 15 is 0 Å². The highest BCUT2D eigenvalue weighted by Crippen LogP contribution is 2.11. The number of amides is 2.